The van der Waals surface area contributed by atoms with Crippen LogP contribution in [-0.4, -0.2) is 67.0 Å². The molecular weight excluding hydrogens is 460 g/mol. The van der Waals surface area contributed by atoms with E-state index < -0.39 is 0 Å². The van der Waals surface area contributed by atoms with E-state index in [0.717, 1.165) is 5.69 Å². The van der Waals surface area contributed by atoms with E-state index in [1.807, 2.05) is 12.1 Å². The number of fused-ring (bicyclic) bond motifs is 1. The van der Waals surface area contributed by atoms with E-state index in [1.54, 1.807) is 25.4 Å². The highest BCUT2D eigenvalue weighted by Gasteiger charge is 2.28. The fourth-order valence-electron chi connectivity index (χ4n) is 4.09. The lowest BCUT2D eigenvalue weighted by Gasteiger charge is -2.23. The number of amides is 1. The average molecular weight is 485 g/mol. The van der Waals surface area contributed by atoms with Gasteiger partial charge in [-0.05, 0) is 18.2 Å². The minimum absolute atomic E-state index is 0.0602. The van der Waals surface area contributed by atoms with Crippen LogP contribution in [0.5, 0.6) is 5.75 Å². The summed E-state index contributed by atoms with van der Waals surface area (Å²) in [5.74, 6) is 0.783. The van der Waals surface area contributed by atoms with Crippen LogP contribution in [0.2, 0.25) is 5.02 Å². The van der Waals surface area contributed by atoms with Crippen LogP contribution in [0.25, 0.3) is 11.4 Å². The molecule has 1 fully saturated rings. The largest absolute Gasteiger partial charge is 0.493 e. The van der Waals surface area contributed by atoms with Crippen LogP contribution < -0.4 is 20.7 Å². The highest BCUT2D eigenvalue weighted by molar-refractivity contribution is 6.32. The standard InChI is InChI=1S/C23H25ClN6O4/c1-32-21-14(24)3-2-4-17(21)29-20-18-15(5-7-25-22(18)31)28-19(20)16-6-8-26-23(30-16)27-11-13-12-33-9-10-34-13/h2-4,6,8,13,28-29H,5,7,9-12H2,1H3,(H,25,31)(H,26,27,30)/t13-/m0/s1. The Hall–Kier alpha value is -3.34. The van der Waals surface area contributed by atoms with Crippen molar-refractivity contribution in [3.8, 4) is 17.1 Å². The third-order valence-corrected chi connectivity index (χ3v) is 5.98. The van der Waals surface area contributed by atoms with Gasteiger partial charge in [0.2, 0.25) is 5.95 Å². The Morgan fingerprint density at radius 1 is 1.29 bits per heavy atom. The van der Waals surface area contributed by atoms with Gasteiger partial charge < -0.3 is 35.1 Å². The van der Waals surface area contributed by atoms with E-state index in [9.17, 15) is 4.79 Å². The molecule has 1 amide bonds. The summed E-state index contributed by atoms with van der Waals surface area (Å²) in [6, 6.07) is 7.19. The number of nitrogens with zero attached hydrogens (tertiary/aromatic N) is 2. The summed E-state index contributed by atoms with van der Waals surface area (Å²) in [6.07, 6.45) is 2.29. The topological polar surface area (TPSA) is 122 Å². The van der Waals surface area contributed by atoms with Gasteiger partial charge in [0, 0.05) is 31.4 Å². The van der Waals surface area contributed by atoms with Crippen molar-refractivity contribution in [2.24, 2.45) is 0 Å². The highest BCUT2D eigenvalue weighted by atomic mass is 35.5. The lowest BCUT2D eigenvalue weighted by molar-refractivity contribution is -0.0819. The Morgan fingerprint density at radius 3 is 3.03 bits per heavy atom. The molecular formula is C23H25ClN6O4. The van der Waals surface area contributed by atoms with Crippen molar-refractivity contribution in [3.05, 3.63) is 46.7 Å². The van der Waals surface area contributed by atoms with E-state index in [-0.39, 0.29) is 12.0 Å². The minimum atomic E-state index is -0.158. The van der Waals surface area contributed by atoms with Crippen molar-refractivity contribution < 1.29 is 19.0 Å². The number of halogens is 1. The van der Waals surface area contributed by atoms with E-state index >= 15 is 0 Å². The lowest BCUT2D eigenvalue weighted by atomic mass is 10.1. The van der Waals surface area contributed by atoms with Gasteiger partial charge in [-0.3, -0.25) is 4.79 Å². The van der Waals surface area contributed by atoms with Gasteiger partial charge in [-0.15, -0.1) is 0 Å². The summed E-state index contributed by atoms with van der Waals surface area (Å²) in [5, 5.41) is 9.94. The molecule has 0 radical (unpaired) electrons. The molecule has 0 unspecified atom stereocenters. The molecule has 2 aliphatic heterocycles. The number of rotatable bonds is 7. The zero-order valence-electron chi connectivity index (χ0n) is 18.6. The van der Waals surface area contributed by atoms with Crippen molar-refractivity contribution in [2.45, 2.75) is 12.5 Å². The molecule has 10 nitrogen and oxygen atoms in total. The number of carbonyl (C=O) groups excluding carboxylic acids is 1. The Kier molecular flexibility index (Phi) is 6.52. The fraction of sp³-hybridized carbons (Fsp3) is 0.348. The predicted molar refractivity (Wildman–Crippen MR) is 128 cm³/mol. The van der Waals surface area contributed by atoms with Crippen molar-refractivity contribution >= 4 is 34.8 Å². The first kappa shape index (κ1) is 22.5. The molecule has 4 N–H and O–H groups in total. The minimum Gasteiger partial charge on any atom is -0.493 e. The van der Waals surface area contributed by atoms with E-state index in [0.29, 0.717) is 84.4 Å². The summed E-state index contributed by atoms with van der Waals surface area (Å²) in [5.41, 5.74) is 3.92. The Balaban J connectivity index is 1.50. The van der Waals surface area contributed by atoms with Crippen LogP contribution in [-0.2, 0) is 15.9 Å². The molecule has 1 aromatic carbocycles. The smallest absolute Gasteiger partial charge is 0.255 e. The van der Waals surface area contributed by atoms with E-state index in [1.165, 1.54) is 0 Å². The van der Waals surface area contributed by atoms with Crippen molar-refractivity contribution in [1.29, 1.82) is 0 Å². The quantitative estimate of drug-likeness (QED) is 0.403. The molecule has 11 heteroatoms. The van der Waals surface area contributed by atoms with Gasteiger partial charge >= 0.3 is 0 Å². The van der Waals surface area contributed by atoms with Gasteiger partial charge in [-0.25, -0.2) is 9.97 Å². The second-order valence-electron chi connectivity index (χ2n) is 7.89. The third kappa shape index (κ3) is 4.52. The summed E-state index contributed by atoms with van der Waals surface area (Å²) < 4.78 is 16.6. The Bertz CT molecular complexity index is 1190. The second-order valence-corrected chi connectivity index (χ2v) is 8.30. The second kappa shape index (κ2) is 9.88. The van der Waals surface area contributed by atoms with Crippen LogP contribution >= 0.6 is 11.6 Å². The summed E-state index contributed by atoms with van der Waals surface area (Å²) >= 11 is 6.32. The summed E-state index contributed by atoms with van der Waals surface area (Å²) in [7, 11) is 1.55. The summed E-state index contributed by atoms with van der Waals surface area (Å²) in [4.78, 5) is 25.2. The van der Waals surface area contributed by atoms with Crippen LogP contribution in [0, 0.1) is 0 Å². The van der Waals surface area contributed by atoms with Crippen molar-refractivity contribution in [2.75, 3.05) is 50.7 Å². The zero-order chi connectivity index (χ0) is 23.5. The number of H-pyrrole nitrogens is 1. The number of hydrogen-bond donors (Lipinski definition) is 4. The Morgan fingerprint density at radius 2 is 2.21 bits per heavy atom. The van der Waals surface area contributed by atoms with Gasteiger partial charge in [0.05, 0.1) is 66.4 Å². The van der Waals surface area contributed by atoms with Crippen molar-refractivity contribution in [1.82, 2.24) is 20.3 Å². The molecule has 178 valence electrons. The lowest BCUT2D eigenvalue weighted by Crippen LogP contribution is -2.34. The average Bonchev–Trinajstić information content (AvgIpc) is 3.23. The molecule has 4 heterocycles. The maximum Gasteiger partial charge on any atom is 0.255 e. The normalized spacial score (nSPS) is 17.6. The van der Waals surface area contributed by atoms with Gasteiger partial charge in [-0.1, -0.05) is 17.7 Å². The first-order valence-corrected chi connectivity index (χ1v) is 11.4. The molecule has 1 saturated heterocycles. The number of hydrogen-bond acceptors (Lipinski definition) is 8. The van der Waals surface area contributed by atoms with Crippen LogP contribution in [0.4, 0.5) is 17.3 Å². The first-order chi connectivity index (χ1) is 16.6. The van der Waals surface area contributed by atoms with Gasteiger partial charge in [0.25, 0.3) is 5.91 Å². The predicted octanol–water partition coefficient (Wildman–Crippen LogP) is 2.99. The number of anilines is 3. The SMILES string of the molecule is COc1c(Cl)cccc1Nc1c(-c2ccnc(NC[C@H]3COCCO3)n2)[nH]c2c1C(=O)NCC2. The number of carbonyl (C=O) groups is 1. The number of aromatic nitrogens is 3. The number of aromatic amines is 1. The maximum absolute atomic E-state index is 12.8. The van der Waals surface area contributed by atoms with E-state index in [2.05, 4.69) is 30.9 Å². The highest BCUT2D eigenvalue weighted by Crippen LogP contribution is 2.40. The fourth-order valence-corrected chi connectivity index (χ4v) is 4.34. The molecule has 34 heavy (non-hydrogen) atoms. The molecule has 2 aliphatic rings. The van der Waals surface area contributed by atoms with Gasteiger partial charge in [0.15, 0.2) is 5.75 Å². The third-order valence-electron chi connectivity index (χ3n) is 5.68. The molecule has 0 saturated carbocycles. The first-order valence-electron chi connectivity index (χ1n) is 11.0. The van der Waals surface area contributed by atoms with Gasteiger partial charge in [0.1, 0.15) is 0 Å². The molecule has 2 aromatic heterocycles. The number of benzene rings is 1. The molecule has 0 spiro atoms. The van der Waals surface area contributed by atoms with Crippen molar-refractivity contribution in [3.63, 3.8) is 0 Å². The molecule has 5 rings (SSSR count). The zero-order valence-corrected chi connectivity index (χ0v) is 19.4. The number of ether oxygens (including phenoxy) is 3. The number of nitrogens with one attached hydrogen (secondary N) is 4. The van der Waals surface area contributed by atoms with Crippen LogP contribution in [0.1, 0.15) is 16.1 Å². The number of para-hydroxylation sites is 1. The maximum atomic E-state index is 12.8. The molecule has 1 atom stereocenters. The summed E-state index contributed by atoms with van der Waals surface area (Å²) in [6.45, 7) is 2.80. The molecule has 3 aromatic rings. The van der Waals surface area contributed by atoms with E-state index in [4.69, 9.17) is 25.8 Å². The monoisotopic (exact) mass is 484 g/mol. The Labute approximate surface area is 201 Å². The van der Waals surface area contributed by atoms with Crippen LogP contribution in [0.15, 0.2) is 30.5 Å². The van der Waals surface area contributed by atoms with Gasteiger partial charge in [-0.2, -0.15) is 0 Å². The van der Waals surface area contributed by atoms with Crippen LogP contribution in [0.3, 0.4) is 0 Å². The molecule has 0 aliphatic carbocycles. The molecule has 0 bridgehead atoms. The number of methoxy groups -OCH3 is 1.